The average molecular weight is 367 g/mol. The maximum absolute atomic E-state index is 13.4. The first-order chi connectivity index (χ1) is 13.2. The van der Waals surface area contributed by atoms with E-state index < -0.39 is 11.6 Å². The molecule has 4 aromatic rings. The van der Waals surface area contributed by atoms with Crippen molar-refractivity contribution in [2.75, 3.05) is 0 Å². The lowest BCUT2D eigenvalue weighted by atomic mass is 10.1. The van der Waals surface area contributed by atoms with Crippen molar-refractivity contribution in [2.24, 2.45) is 0 Å². The first-order valence-electron chi connectivity index (χ1n) is 8.62. The maximum Gasteiger partial charge on any atom is 0.166 e. The van der Waals surface area contributed by atoms with Crippen LogP contribution in [0.3, 0.4) is 0 Å². The van der Waals surface area contributed by atoms with E-state index in [0.717, 1.165) is 34.3 Å². The second kappa shape index (κ2) is 6.24. The molecule has 0 saturated heterocycles. The lowest BCUT2D eigenvalue weighted by molar-refractivity contribution is 0.456. The largest absolute Gasteiger partial charge is 0.356 e. The summed E-state index contributed by atoms with van der Waals surface area (Å²) in [5.74, 6) is -1.41. The van der Waals surface area contributed by atoms with Crippen molar-refractivity contribution < 1.29 is 13.3 Å². The quantitative estimate of drug-likeness (QED) is 0.586. The van der Waals surface area contributed by atoms with E-state index in [0.29, 0.717) is 6.54 Å². The number of hydrogen-bond donors (Lipinski definition) is 1. The molecule has 0 bridgehead atoms. The fourth-order valence-electron chi connectivity index (χ4n) is 3.28. The van der Waals surface area contributed by atoms with Crippen LogP contribution in [0.5, 0.6) is 0 Å². The van der Waals surface area contributed by atoms with Crippen LogP contribution < -0.4 is 5.32 Å². The van der Waals surface area contributed by atoms with Crippen molar-refractivity contribution in [3.05, 3.63) is 71.7 Å². The number of nitrogens with zero attached hydrogens (tertiary/aromatic N) is 4. The summed E-state index contributed by atoms with van der Waals surface area (Å²) in [5, 5.41) is 16.4. The number of rotatable bonds is 5. The monoisotopic (exact) mass is 367 g/mol. The van der Waals surface area contributed by atoms with Gasteiger partial charge in [-0.2, -0.15) is 0 Å². The van der Waals surface area contributed by atoms with Gasteiger partial charge in [0.2, 0.25) is 0 Å². The summed E-state index contributed by atoms with van der Waals surface area (Å²) in [6, 6.07) is 9.98. The van der Waals surface area contributed by atoms with Crippen LogP contribution in [0.25, 0.3) is 16.7 Å². The van der Waals surface area contributed by atoms with Crippen molar-refractivity contribution in [1.29, 1.82) is 0 Å². The summed E-state index contributed by atoms with van der Waals surface area (Å²) in [6.45, 7) is 0.556. The molecule has 0 spiro atoms. The minimum Gasteiger partial charge on any atom is -0.356 e. The molecule has 1 fully saturated rings. The Kier molecular flexibility index (Phi) is 3.71. The minimum atomic E-state index is -0.815. The highest BCUT2D eigenvalue weighted by Crippen LogP contribution is 2.41. The Morgan fingerprint density at radius 2 is 2.07 bits per heavy atom. The van der Waals surface area contributed by atoms with Crippen molar-refractivity contribution in [1.82, 2.24) is 25.5 Å². The molecule has 27 heavy (non-hydrogen) atoms. The SMILES string of the molecule is Fc1ccc([C@@H]2C[C@H]2NCc2cn(-c3ccc4oncc4c3)nn2)cc1F. The van der Waals surface area contributed by atoms with E-state index in [-0.39, 0.29) is 12.0 Å². The third kappa shape index (κ3) is 3.08. The molecule has 2 atom stereocenters. The number of benzene rings is 2. The predicted molar refractivity (Wildman–Crippen MR) is 93.3 cm³/mol. The first kappa shape index (κ1) is 16.1. The standard InChI is InChI=1S/C19H15F2N5O/c20-16-3-1-11(6-17(16)21)15-7-18(15)22-9-13-10-26(25-24-13)14-2-4-19-12(5-14)8-23-27-19/h1-6,8,10,15,18,22H,7,9H2/t15-,18+/m0/s1. The van der Waals surface area contributed by atoms with Gasteiger partial charge in [-0.15, -0.1) is 5.10 Å². The predicted octanol–water partition coefficient (Wildman–Crippen LogP) is 3.33. The molecular formula is C19H15F2N5O. The minimum absolute atomic E-state index is 0.200. The van der Waals surface area contributed by atoms with E-state index in [1.54, 1.807) is 16.9 Å². The van der Waals surface area contributed by atoms with E-state index in [4.69, 9.17) is 4.52 Å². The van der Waals surface area contributed by atoms with Crippen molar-refractivity contribution in [2.45, 2.75) is 24.9 Å². The van der Waals surface area contributed by atoms with Crippen molar-refractivity contribution in [3.8, 4) is 5.69 Å². The molecule has 1 N–H and O–H groups in total. The summed E-state index contributed by atoms with van der Waals surface area (Å²) in [5.41, 5.74) is 3.21. The second-order valence-corrected chi connectivity index (χ2v) is 6.71. The van der Waals surface area contributed by atoms with Gasteiger partial charge >= 0.3 is 0 Å². The zero-order chi connectivity index (χ0) is 18.4. The number of aromatic nitrogens is 4. The number of nitrogens with one attached hydrogen (secondary N) is 1. The highest BCUT2D eigenvalue weighted by molar-refractivity contribution is 5.78. The molecule has 136 valence electrons. The van der Waals surface area contributed by atoms with Crippen LogP contribution in [0.2, 0.25) is 0 Å². The van der Waals surface area contributed by atoms with E-state index in [9.17, 15) is 8.78 Å². The van der Waals surface area contributed by atoms with Gasteiger partial charge in [0.05, 0.1) is 23.8 Å². The summed E-state index contributed by atoms with van der Waals surface area (Å²) < 4.78 is 33.2. The Morgan fingerprint density at radius 1 is 1.15 bits per heavy atom. The number of hydrogen-bond acceptors (Lipinski definition) is 5. The van der Waals surface area contributed by atoms with Crippen molar-refractivity contribution >= 4 is 11.0 Å². The molecule has 8 heteroatoms. The molecular weight excluding hydrogens is 352 g/mol. The van der Waals surface area contributed by atoms with Crippen LogP contribution in [0, 0.1) is 11.6 Å². The summed E-state index contributed by atoms with van der Waals surface area (Å²) >= 11 is 0. The molecule has 1 saturated carbocycles. The zero-order valence-corrected chi connectivity index (χ0v) is 14.1. The molecule has 0 amide bonds. The number of halogens is 2. The molecule has 0 aliphatic heterocycles. The van der Waals surface area contributed by atoms with Gasteiger partial charge in [-0.05, 0) is 42.3 Å². The Bertz CT molecular complexity index is 1120. The number of fused-ring (bicyclic) bond motifs is 1. The van der Waals surface area contributed by atoms with E-state index >= 15 is 0 Å². The third-order valence-corrected chi connectivity index (χ3v) is 4.85. The molecule has 0 radical (unpaired) electrons. The van der Waals surface area contributed by atoms with Gasteiger partial charge in [0.25, 0.3) is 0 Å². The van der Waals surface area contributed by atoms with Gasteiger partial charge in [0, 0.05) is 23.9 Å². The fraction of sp³-hybridized carbons (Fsp3) is 0.211. The summed E-state index contributed by atoms with van der Waals surface area (Å²) in [4.78, 5) is 0. The Balaban J connectivity index is 1.23. The highest BCUT2D eigenvalue weighted by atomic mass is 19.2. The van der Waals surface area contributed by atoms with Crippen LogP contribution in [-0.4, -0.2) is 26.2 Å². The Morgan fingerprint density at radius 3 is 2.96 bits per heavy atom. The van der Waals surface area contributed by atoms with Crippen molar-refractivity contribution in [3.63, 3.8) is 0 Å². The van der Waals surface area contributed by atoms with Gasteiger partial charge in [-0.25, -0.2) is 13.5 Å². The van der Waals surface area contributed by atoms with E-state index in [2.05, 4.69) is 20.8 Å². The second-order valence-electron chi connectivity index (χ2n) is 6.71. The molecule has 2 aromatic heterocycles. The van der Waals surface area contributed by atoms with Gasteiger partial charge in [0.1, 0.15) is 0 Å². The first-order valence-corrected chi connectivity index (χ1v) is 8.62. The Hall–Kier alpha value is -3.13. The van der Waals surface area contributed by atoms with E-state index in [1.165, 1.54) is 12.1 Å². The van der Waals surface area contributed by atoms with Crippen LogP contribution in [0.4, 0.5) is 8.78 Å². The molecule has 1 aliphatic rings. The molecule has 2 aromatic carbocycles. The zero-order valence-electron chi connectivity index (χ0n) is 14.1. The Labute approximate surface area is 152 Å². The third-order valence-electron chi connectivity index (χ3n) is 4.85. The van der Waals surface area contributed by atoms with Gasteiger partial charge in [0.15, 0.2) is 17.2 Å². The van der Waals surface area contributed by atoms with Crippen LogP contribution in [0.1, 0.15) is 23.6 Å². The van der Waals surface area contributed by atoms with Gasteiger partial charge in [-0.1, -0.05) is 16.4 Å². The fourth-order valence-corrected chi connectivity index (χ4v) is 3.28. The molecule has 6 nitrogen and oxygen atoms in total. The smallest absolute Gasteiger partial charge is 0.166 e. The van der Waals surface area contributed by atoms with Crippen LogP contribution in [0.15, 0.2) is 53.3 Å². The van der Waals surface area contributed by atoms with E-state index in [1.807, 2.05) is 24.4 Å². The summed E-state index contributed by atoms with van der Waals surface area (Å²) in [6.07, 6.45) is 4.41. The average Bonchev–Trinajstić information content (AvgIpc) is 3.07. The maximum atomic E-state index is 13.4. The lowest BCUT2D eigenvalue weighted by Gasteiger charge is -2.03. The molecule has 5 rings (SSSR count). The highest BCUT2D eigenvalue weighted by Gasteiger charge is 2.38. The van der Waals surface area contributed by atoms with Gasteiger partial charge < -0.3 is 9.84 Å². The summed E-state index contributed by atoms with van der Waals surface area (Å²) in [7, 11) is 0. The molecule has 0 unspecified atom stereocenters. The normalized spacial score (nSPS) is 18.9. The van der Waals surface area contributed by atoms with Crippen LogP contribution >= 0.6 is 0 Å². The lowest BCUT2D eigenvalue weighted by Crippen LogP contribution is -2.17. The molecule has 1 aliphatic carbocycles. The van der Waals surface area contributed by atoms with Gasteiger partial charge in [-0.3, -0.25) is 0 Å². The van der Waals surface area contributed by atoms with Crippen LogP contribution in [-0.2, 0) is 6.54 Å². The topological polar surface area (TPSA) is 68.8 Å². The molecule has 2 heterocycles.